The maximum Gasteiger partial charge on any atom is 0.312 e. The Morgan fingerprint density at radius 1 is 1.09 bits per heavy atom. The van der Waals surface area contributed by atoms with Crippen molar-refractivity contribution in [3.8, 4) is 0 Å². The first-order chi connectivity index (χ1) is 16.2. The van der Waals surface area contributed by atoms with Gasteiger partial charge in [-0.1, -0.05) is 42.6 Å². The number of hydrogen-bond donors (Lipinski definition) is 2. The van der Waals surface area contributed by atoms with Gasteiger partial charge in [-0.25, -0.2) is 0 Å². The molecule has 34 heavy (non-hydrogen) atoms. The number of fused-ring (bicyclic) bond motifs is 4. The molecule has 2 N–H and O–H groups in total. The van der Waals surface area contributed by atoms with E-state index in [1.807, 2.05) is 6.08 Å². The molecule has 2 saturated carbocycles. The van der Waals surface area contributed by atoms with Crippen LogP contribution in [0.4, 0.5) is 0 Å². The summed E-state index contributed by atoms with van der Waals surface area (Å²) in [7, 11) is 0. The molecule has 0 amide bonds. The molecule has 0 bridgehead atoms. The molecule has 0 saturated heterocycles. The van der Waals surface area contributed by atoms with Crippen molar-refractivity contribution < 1.29 is 29.3 Å². The predicted molar refractivity (Wildman–Crippen MR) is 126 cm³/mol. The second-order valence-electron chi connectivity index (χ2n) is 11.4. The van der Waals surface area contributed by atoms with E-state index in [0.29, 0.717) is 25.7 Å². The Labute approximate surface area is 201 Å². The minimum absolute atomic E-state index is 0.0439. The number of carbonyl (C=O) groups is 3. The van der Waals surface area contributed by atoms with E-state index in [1.54, 1.807) is 12.2 Å². The number of esters is 1. The predicted octanol–water partition coefficient (Wildman–Crippen LogP) is 3.75. The number of ketones is 2. The van der Waals surface area contributed by atoms with Gasteiger partial charge in [0.25, 0.3) is 0 Å². The molecule has 0 aromatic carbocycles. The van der Waals surface area contributed by atoms with E-state index in [0.717, 1.165) is 44.1 Å². The largest absolute Gasteiger partial charge is 0.450 e. The van der Waals surface area contributed by atoms with Gasteiger partial charge >= 0.3 is 5.97 Å². The fourth-order valence-electron chi connectivity index (χ4n) is 7.91. The molecule has 0 aromatic heterocycles. The smallest absolute Gasteiger partial charge is 0.312 e. The van der Waals surface area contributed by atoms with Gasteiger partial charge in [-0.3, -0.25) is 14.4 Å². The van der Waals surface area contributed by atoms with Gasteiger partial charge < -0.3 is 14.9 Å². The van der Waals surface area contributed by atoms with Crippen LogP contribution < -0.4 is 0 Å². The third kappa shape index (κ3) is 3.25. The maximum absolute atomic E-state index is 13.3. The Morgan fingerprint density at radius 2 is 1.85 bits per heavy atom. The summed E-state index contributed by atoms with van der Waals surface area (Å²) in [4.78, 5) is 38.6. The summed E-state index contributed by atoms with van der Waals surface area (Å²) in [6.07, 6.45) is 11.8. The number of hydrogen-bond acceptors (Lipinski definition) is 6. The van der Waals surface area contributed by atoms with E-state index in [2.05, 4.69) is 13.8 Å². The molecule has 5 rings (SSSR count). The molecule has 5 aliphatic carbocycles. The van der Waals surface area contributed by atoms with Crippen LogP contribution in [0, 0.1) is 22.7 Å². The molecule has 184 valence electrons. The maximum atomic E-state index is 13.3. The van der Waals surface area contributed by atoms with Crippen molar-refractivity contribution in [3.63, 3.8) is 0 Å². The summed E-state index contributed by atoms with van der Waals surface area (Å²) in [6, 6.07) is 0. The molecule has 0 radical (unpaired) electrons. The first-order valence-corrected chi connectivity index (χ1v) is 12.9. The van der Waals surface area contributed by atoms with Crippen molar-refractivity contribution in [1.82, 2.24) is 0 Å². The van der Waals surface area contributed by atoms with Crippen LogP contribution in [0.2, 0.25) is 0 Å². The molecule has 2 fully saturated rings. The lowest BCUT2D eigenvalue weighted by molar-refractivity contribution is -0.191. The lowest BCUT2D eigenvalue weighted by Crippen LogP contribution is -2.57. The number of Topliss-reactive ketones (excluding diaryl/α,β-unsaturated/α-hetero) is 1. The average molecular weight is 469 g/mol. The number of aliphatic hydroxyl groups is 2. The van der Waals surface area contributed by atoms with Crippen molar-refractivity contribution >= 4 is 17.5 Å². The lowest BCUT2D eigenvalue weighted by atomic mass is 9.53. The molecular formula is C28H36O6. The molecule has 5 aliphatic rings. The topological polar surface area (TPSA) is 101 Å². The van der Waals surface area contributed by atoms with Crippen molar-refractivity contribution in [2.45, 2.75) is 89.8 Å². The van der Waals surface area contributed by atoms with Crippen LogP contribution in [-0.4, -0.2) is 46.1 Å². The normalized spacial score (nSPS) is 41.4. The molecule has 0 heterocycles. The highest BCUT2D eigenvalue weighted by Gasteiger charge is 2.66. The quantitative estimate of drug-likeness (QED) is 0.481. The monoisotopic (exact) mass is 468 g/mol. The Morgan fingerprint density at radius 3 is 2.59 bits per heavy atom. The zero-order valence-corrected chi connectivity index (χ0v) is 20.3. The van der Waals surface area contributed by atoms with Gasteiger partial charge in [-0.15, -0.1) is 0 Å². The zero-order chi connectivity index (χ0) is 24.3. The highest BCUT2D eigenvalue weighted by molar-refractivity contribution is 6.01. The number of aliphatic hydroxyl groups excluding tert-OH is 2. The fourth-order valence-corrected chi connectivity index (χ4v) is 7.91. The van der Waals surface area contributed by atoms with E-state index in [1.165, 1.54) is 11.1 Å². The molecular weight excluding hydrogens is 432 g/mol. The van der Waals surface area contributed by atoms with E-state index < -0.39 is 41.4 Å². The van der Waals surface area contributed by atoms with Gasteiger partial charge in [0.05, 0.1) is 12.0 Å². The number of allylic oxidation sites excluding steroid dienone is 6. The molecule has 0 spiro atoms. The van der Waals surface area contributed by atoms with E-state index in [-0.39, 0.29) is 17.1 Å². The van der Waals surface area contributed by atoms with Crippen LogP contribution in [0.25, 0.3) is 0 Å². The average Bonchev–Trinajstić information content (AvgIpc) is 3.12. The van der Waals surface area contributed by atoms with E-state index in [9.17, 15) is 24.6 Å². The number of carbonyl (C=O) groups excluding carboxylic acids is 3. The van der Waals surface area contributed by atoms with Gasteiger partial charge in [0.15, 0.2) is 11.4 Å². The van der Waals surface area contributed by atoms with E-state index >= 15 is 0 Å². The summed E-state index contributed by atoms with van der Waals surface area (Å²) in [5.74, 6) is -1.40. The van der Waals surface area contributed by atoms with Crippen LogP contribution in [0.3, 0.4) is 0 Å². The Hall–Kier alpha value is -2.05. The van der Waals surface area contributed by atoms with Gasteiger partial charge in [-0.05, 0) is 76.4 Å². The highest BCUT2D eigenvalue weighted by Crippen LogP contribution is 2.65. The van der Waals surface area contributed by atoms with Crippen LogP contribution in [-0.2, 0) is 19.1 Å². The SMILES string of the molecule is C[C@]12C=CC(=O)C=C1CCC1=C2CC[C@@]2(C)[C@H]1CC[C@]2(OC(=O)C1CCCCC1O)C(=O)CO. The molecule has 6 heteroatoms. The molecule has 2 unspecified atom stereocenters. The Bertz CT molecular complexity index is 1020. The minimum Gasteiger partial charge on any atom is -0.450 e. The van der Waals surface area contributed by atoms with Crippen molar-refractivity contribution in [2.75, 3.05) is 6.61 Å². The molecule has 0 aliphatic heterocycles. The zero-order valence-electron chi connectivity index (χ0n) is 20.3. The third-order valence-corrected chi connectivity index (χ3v) is 9.94. The summed E-state index contributed by atoms with van der Waals surface area (Å²) >= 11 is 0. The second kappa shape index (κ2) is 8.27. The van der Waals surface area contributed by atoms with E-state index in [4.69, 9.17) is 4.74 Å². The highest BCUT2D eigenvalue weighted by atomic mass is 16.6. The molecule has 6 nitrogen and oxygen atoms in total. The molecule has 0 aromatic rings. The second-order valence-corrected chi connectivity index (χ2v) is 11.4. The summed E-state index contributed by atoms with van der Waals surface area (Å²) in [5.41, 5.74) is 1.61. The number of rotatable bonds is 4. The number of ether oxygens (including phenoxy) is 1. The van der Waals surface area contributed by atoms with Gasteiger partial charge in [0.2, 0.25) is 5.78 Å². The van der Waals surface area contributed by atoms with Gasteiger partial charge in [-0.2, -0.15) is 0 Å². The first kappa shape index (κ1) is 23.7. The lowest BCUT2D eigenvalue weighted by Gasteiger charge is -2.52. The van der Waals surface area contributed by atoms with Crippen LogP contribution in [0.5, 0.6) is 0 Å². The summed E-state index contributed by atoms with van der Waals surface area (Å²) < 4.78 is 6.16. The summed E-state index contributed by atoms with van der Waals surface area (Å²) in [5, 5.41) is 20.4. The molecule has 6 atom stereocenters. The van der Waals surface area contributed by atoms with Crippen LogP contribution in [0.1, 0.15) is 78.1 Å². The van der Waals surface area contributed by atoms with Crippen molar-refractivity contribution in [1.29, 1.82) is 0 Å². The van der Waals surface area contributed by atoms with Crippen molar-refractivity contribution in [3.05, 3.63) is 34.9 Å². The first-order valence-electron chi connectivity index (χ1n) is 12.9. The van der Waals surface area contributed by atoms with Crippen molar-refractivity contribution in [2.24, 2.45) is 22.7 Å². The van der Waals surface area contributed by atoms with Crippen LogP contribution >= 0.6 is 0 Å². The van der Waals surface area contributed by atoms with Gasteiger partial charge in [0, 0.05) is 10.8 Å². The fraction of sp³-hybridized carbons (Fsp3) is 0.679. The van der Waals surface area contributed by atoms with Crippen LogP contribution in [0.15, 0.2) is 34.9 Å². The third-order valence-electron chi connectivity index (χ3n) is 9.94. The Kier molecular flexibility index (Phi) is 5.76. The Balaban J connectivity index is 1.51. The van der Waals surface area contributed by atoms with Gasteiger partial charge in [0.1, 0.15) is 6.61 Å². The minimum atomic E-state index is -1.37. The standard InChI is InChI=1S/C28H36O6/c1-26-12-9-18(30)15-17(26)7-8-19-21(26)10-13-27(2)22(19)11-14-28(27,24(32)16-29)34-25(33)20-5-3-4-6-23(20)31/h9,12,15,20,22-23,29,31H,3-8,10-11,13-14,16H2,1-2H3/t20?,22-,23?,26-,27-,28-/m0/s1. The summed E-state index contributed by atoms with van der Waals surface area (Å²) in [6.45, 7) is 3.58.